The van der Waals surface area contributed by atoms with Gasteiger partial charge in [0.15, 0.2) is 0 Å². The maximum atomic E-state index is 8.82. The summed E-state index contributed by atoms with van der Waals surface area (Å²) < 4.78 is 5.82. The van der Waals surface area contributed by atoms with E-state index in [4.69, 9.17) is 15.6 Å². The Morgan fingerprint density at radius 2 is 0.880 bits per heavy atom. The average Bonchev–Trinajstić information content (AvgIpc) is 3.97. The maximum absolute atomic E-state index is 8.82. The van der Waals surface area contributed by atoms with Crippen molar-refractivity contribution in [1.82, 2.24) is 0 Å². The summed E-state index contributed by atoms with van der Waals surface area (Å²) in [5.41, 5.74) is 14.1. The molecule has 0 spiro atoms. The van der Waals surface area contributed by atoms with Gasteiger partial charge in [-0.25, -0.2) is 0 Å². The van der Waals surface area contributed by atoms with Gasteiger partial charge in [-0.3, -0.25) is 10.8 Å². The zero-order valence-electron chi connectivity index (χ0n) is 27.8. The second-order valence-electron chi connectivity index (χ2n) is 12.6. The molecule has 0 aromatic heterocycles. The minimum Gasteiger partial charge on any atom is -0.439 e. The third kappa shape index (κ3) is 7.53. The second-order valence-corrected chi connectivity index (χ2v) is 12.6. The van der Waals surface area contributed by atoms with Crippen molar-refractivity contribution in [3.05, 3.63) is 233 Å². The van der Waals surface area contributed by atoms with Gasteiger partial charge in [-0.15, -0.1) is 0 Å². The lowest BCUT2D eigenvalue weighted by Crippen LogP contribution is -2.04. The second kappa shape index (κ2) is 14.4. The molecule has 0 saturated carbocycles. The van der Waals surface area contributed by atoms with E-state index < -0.39 is 0 Å². The number of allylic oxidation sites excluding steroid dienone is 3. The van der Waals surface area contributed by atoms with E-state index in [-0.39, 0.29) is 5.90 Å². The molecule has 0 bridgehead atoms. The Balaban J connectivity index is 0.914. The number of hydrogen-bond donors (Lipinski definition) is 2. The lowest BCUT2D eigenvalue weighted by Gasteiger charge is -2.11. The van der Waals surface area contributed by atoms with Crippen molar-refractivity contribution in [2.45, 2.75) is 12.8 Å². The van der Waals surface area contributed by atoms with E-state index in [1.165, 1.54) is 27.8 Å². The SMILES string of the molecule is C=C(OC(=N)c1ccc(Cc2ccccc2)cc1)c1ccc(Cc2ccc(C(=N)C3=C(C(=C)c4ccc(-c5ccccc5)cc4)[CH]3)cc2)cc1. The molecule has 1 aliphatic carbocycles. The topological polar surface area (TPSA) is 56.9 Å². The Morgan fingerprint density at radius 1 is 0.440 bits per heavy atom. The van der Waals surface area contributed by atoms with Crippen LogP contribution in [-0.4, -0.2) is 11.6 Å². The van der Waals surface area contributed by atoms with Crippen LogP contribution in [0.4, 0.5) is 0 Å². The lowest BCUT2D eigenvalue weighted by atomic mass is 9.99. The fourth-order valence-corrected chi connectivity index (χ4v) is 6.05. The third-order valence-electron chi connectivity index (χ3n) is 9.05. The highest BCUT2D eigenvalue weighted by Crippen LogP contribution is 2.42. The van der Waals surface area contributed by atoms with Crippen LogP contribution in [0.5, 0.6) is 0 Å². The summed E-state index contributed by atoms with van der Waals surface area (Å²) in [6.45, 7) is 8.40. The van der Waals surface area contributed by atoms with Crippen LogP contribution in [0.2, 0.25) is 0 Å². The zero-order chi connectivity index (χ0) is 34.5. The minimum atomic E-state index is 0.0736. The van der Waals surface area contributed by atoms with Gasteiger partial charge in [-0.2, -0.15) is 0 Å². The van der Waals surface area contributed by atoms with Crippen molar-refractivity contribution in [3.63, 3.8) is 0 Å². The molecule has 1 aliphatic rings. The average molecular weight is 646 g/mol. The van der Waals surface area contributed by atoms with Crippen LogP contribution in [0.25, 0.3) is 22.5 Å². The van der Waals surface area contributed by atoms with Crippen LogP contribution in [0, 0.1) is 17.2 Å². The van der Waals surface area contributed by atoms with Crippen LogP contribution < -0.4 is 0 Å². The monoisotopic (exact) mass is 645 g/mol. The Labute approximate surface area is 294 Å². The molecular weight excluding hydrogens is 609 g/mol. The Morgan fingerprint density at radius 3 is 1.44 bits per heavy atom. The number of rotatable bonds is 12. The van der Waals surface area contributed by atoms with Crippen molar-refractivity contribution in [2.24, 2.45) is 0 Å². The highest BCUT2D eigenvalue weighted by atomic mass is 16.5. The van der Waals surface area contributed by atoms with Gasteiger partial charge in [0.25, 0.3) is 0 Å². The molecule has 241 valence electrons. The molecular formula is C47H37N2O. The summed E-state index contributed by atoms with van der Waals surface area (Å²) in [4.78, 5) is 0. The van der Waals surface area contributed by atoms with E-state index in [0.717, 1.165) is 51.8 Å². The largest absolute Gasteiger partial charge is 0.439 e. The van der Waals surface area contributed by atoms with Crippen molar-refractivity contribution < 1.29 is 4.74 Å². The molecule has 0 unspecified atom stereocenters. The minimum absolute atomic E-state index is 0.0736. The summed E-state index contributed by atoms with van der Waals surface area (Å²) in [5.74, 6) is 0.514. The third-order valence-corrected chi connectivity index (χ3v) is 9.05. The summed E-state index contributed by atoms with van der Waals surface area (Å²) in [5, 5.41) is 17.3. The van der Waals surface area contributed by atoms with E-state index in [0.29, 0.717) is 17.0 Å². The van der Waals surface area contributed by atoms with Gasteiger partial charge in [-0.05, 0) is 86.2 Å². The van der Waals surface area contributed by atoms with Crippen molar-refractivity contribution in [2.75, 3.05) is 0 Å². The lowest BCUT2D eigenvalue weighted by molar-refractivity contribution is 0.506. The predicted octanol–water partition coefficient (Wildman–Crippen LogP) is 11.1. The normalized spacial score (nSPS) is 11.9. The highest BCUT2D eigenvalue weighted by molar-refractivity contribution is 6.20. The fraction of sp³-hybridized carbons (Fsp3) is 0.0426. The molecule has 0 atom stereocenters. The van der Waals surface area contributed by atoms with Crippen molar-refractivity contribution >= 4 is 22.9 Å². The molecule has 0 fully saturated rings. The molecule has 50 heavy (non-hydrogen) atoms. The highest BCUT2D eigenvalue weighted by Gasteiger charge is 2.29. The quantitative estimate of drug-likeness (QED) is 0.0777. The number of hydrogen-bond acceptors (Lipinski definition) is 3. The van der Waals surface area contributed by atoms with Gasteiger partial charge in [-0.1, -0.05) is 159 Å². The number of ether oxygens (including phenoxy) is 1. The van der Waals surface area contributed by atoms with Crippen LogP contribution in [0.3, 0.4) is 0 Å². The molecule has 0 aliphatic heterocycles. The molecule has 6 aromatic carbocycles. The first-order valence-electron chi connectivity index (χ1n) is 16.7. The van der Waals surface area contributed by atoms with Gasteiger partial charge in [0.2, 0.25) is 5.90 Å². The fourth-order valence-electron chi connectivity index (χ4n) is 6.05. The summed E-state index contributed by atoms with van der Waals surface area (Å²) in [6, 6.07) is 53.4. The molecule has 1 radical (unpaired) electrons. The molecule has 7 rings (SSSR count). The Bertz CT molecular complexity index is 2210. The Hall–Kier alpha value is -6.32. The summed E-state index contributed by atoms with van der Waals surface area (Å²) in [6.07, 6.45) is 3.66. The standard InChI is InChI=1S/C47H37N2O/c1-32(38-25-27-41(28-26-38)40-11-7-4-8-12-40)44-31-45(44)46(48)42-21-15-36(16-22-42)30-35-13-19-39(20-14-35)33(2)50-47(49)43-23-17-37(18-24-43)29-34-9-5-3-6-10-34/h3-28,31,48-49H,1-2,29-30H2. The molecule has 6 aromatic rings. The van der Waals surface area contributed by atoms with Crippen LogP contribution in [0.1, 0.15) is 44.5 Å². The van der Waals surface area contributed by atoms with Gasteiger partial charge in [0, 0.05) is 17.5 Å². The van der Waals surface area contributed by atoms with Gasteiger partial charge in [0.1, 0.15) is 5.76 Å². The Kier molecular flexibility index (Phi) is 9.30. The molecule has 0 amide bonds. The van der Waals surface area contributed by atoms with E-state index in [2.05, 4.69) is 86.0 Å². The molecule has 2 N–H and O–H groups in total. The van der Waals surface area contributed by atoms with Gasteiger partial charge < -0.3 is 4.74 Å². The molecule has 3 heteroatoms. The first-order chi connectivity index (χ1) is 24.4. The smallest absolute Gasteiger partial charge is 0.219 e. The van der Waals surface area contributed by atoms with Gasteiger partial charge >= 0.3 is 0 Å². The van der Waals surface area contributed by atoms with Crippen LogP contribution >= 0.6 is 0 Å². The first kappa shape index (κ1) is 32.2. The van der Waals surface area contributed by atoms with E-state index >= 15 is 0 Å². The predicted molar refractivity (Wildman–Crippen MR) is 207 cm³/mol. The van der Waals surface area contributed by atoms with E-state index in [1.807, 2.05) is 91.3 Å². The van der Waals surface area contributed by atoms with Crippen molar-refractivity contribution in [1.29, 1.82) is 10.8 Å². The number of nitrogens with one attached hydrogen (secondary N) is 2. The van der Waals surface area contributed by atoms with Crippen LogP contribution in [-0.2, 0) is 17.6 Å². The molecule has 0 saturated heterocycles. The van der Waals surface area contributed by atoms with E-state index in [9.17, 15) is 0 Å². The first-order valence-corrected chi connectivity index (χ1v) is 16.7. The molecule has 3 nitrogen and oxygen atoms in total. The maximum Gasteiger partial charge on any atom is 0.219 e. The van der Waals surface area contributed by atoms with E-state index in [1.54, 1.807) is 0 Å². The van der Waals surface area contributed by atoms with Gasteiger partial charge in [0.05, 0.1) is 5.71 Å². The summed E-state index contributed by atoms with van der Waals surface area (Å²) >= 11 is 0. The van der Waals surface area contributed by atoms with Crippen LogP contribution in [0.15, 0.2) is 182 Å². The summed E-state index contributed by atoms with van der Waals surface area (Å²) in [7, 11) is 0. The van der Waals surface area contributed by atoms with Crippen molar-refractivity contribution in [3.8, 4) is 11.1 Å². The molecule has 0 heterocycles. The number of benzene rings is 6. The zero-order valence-corrected chi connectivity index (χ0v) is 27.8.